The summed E-state index contributed by atoms with van der Waals surface area (Å²) in [6, 6.07) is 0.0444. The maximum absolute atomic E-state index is 11.9. The third-order valence-electron chi connectivity index (χ3n) is 3.11. The van der Waals surface area contributed by atoms with E-state index in [0.29, 0.717) is 5.41 Å². The van der Waals surface area contributed by atoms with Crippen LogP contribution in [0.1, 0.15) is 26.7 Å². The number of aromatic nitrogens is 2. The molecule has 4 nitrogen and oxygen atoms in total. The highest BCUT2D eigenvalue weighted by atomic mass is 16.2. The third-order valence-corrected chi connectivity index (χ3v) is 3.11. The van der Waals surface area contributed by atoms with E-state index in [9.17, 15) is 4.79 Å². The van der Waals surface area contributed by atoms with Crippen LogP contribution < -0.4 is 0 Å². The number of rotatable bonds is 0. The molecule has 82 valence electrons. The normalized spacial score (nSPS) is 20.3. The van der Waals surface area contributed by atoms with Gasteiger partial charge >= 0.3 is 6.03 Å². The lowest BCUT2D eigenvalue weighted by atomic mass is 9.83. The fraction of sp³-hybridized carbons (Fsp3) is 0.636. The van der Waals surface area contributed by atoms with Gasteiger partial charge in [-0.15, -0.1) is 0 Å². The molecule has 15 heavy (non-hydrogen) atoms. The van der Waals surface area contributed by atoms with Gasteiger partial charge in [0.25, 0.3) is 0 Å². The second-order valence-corrected chi connectivity index (χ2v) is 4.90. The molecule has 4 heteroatoms. The van der Waals surface area contributed by atoms with Crippen molar-refractivity contribution in [3.8, 4) is 0 Å². The molecule has 2 rings (SSSR count). The van der Waals surface area contributed by atoms with E-state index in [4.69, 9.17) is 0 Å². The van der Waals surface area contributed by atoms with Crippen LogP contribution in [0, 0.1) is 5.41 Å². The number of likely N-dealkylation sites (tertiary alicyclic amines) is 1. The summed E-state index contributed by atoms with van der Waals surface area (Å²) >= 11 is 0. The zero-order chi connectivity index (χ0) is 10.9. The van der Waals surface area contributed by atoms with Crippen molar-refractivity contribution in [2.45, 2.75) is 26.7 Å². The third kappa shape index (κ3) is 2.19. The number of nitrogens with zero attached hydrogens (tertiary/aromatic N) is 3. The smallest absolute Gasteiger partial charge is 0.324 e. The molecule has 0 radical (unpaired) electrons. The van der Waals surface area contributed by atoms with Crippen LogP contribution in [-0.2, 0) is 0 Å². The van der Waals surface area contributed by atoms with Gasteiger partial charge in [-0.1, -0.05) is 13.8 Å². The molecule has 1 aliphatic heterocycles. The first-order valence-electron chi connectivity index (χ1n) is 5.36. The Morgan fingerprint density at radius 3 is 2.53 bits per heavy atom. The van der Waals surface area contributed by atoms with Gasteiger partial charge in [-0.05, 0) is 18.3 Å². The van der Waals surface area contributed by atoms with Gasteiger partial charge in [0, 0.05) is 25.5 Å². The van der Waals surface area contributed by atoms with E-state index >= 15 is 0 Å². The molecule has 0 atom stereocenters. The molecule has 0 spiro atoms. The van der Waals surface area contributed by atoms with Crippen LogP contribution in [0.25, 0.3) is 0 Å². The van der Waals surface area contributed by atoms with Crippen LogP contribution in [0.4, 0.5) is 4.79 Å². The Hall–Kier alpha value is -1.32. The summed E-state index contributed by atoms with van der Waals surface area (Å²) in [5, 5.41) is 0. The Bertz CT molecular complexity index is 333. The fourth-order valence-corrected chi connectivity index (χ4v) is 1.84. The molecule has 0 N–H and O–H groups in total. The monoisotopic (exact) mass is 207 g/mol. The van der Waals surface area contributed by atoms with Crippen molar-refractivity contribution in [2.24, 2.45) is 5.41 Å². The van der Waals surface area contributed by atoms with Crippen molar-refractivity contribution in [3.63, 3.8) is 0 Å². The minimum absolute atomic E-state index is 0.0444. The zero-order valence-corrected chi connectivity index (χ0v) is 9.31. The maximum atomic E-state index is 11.9. The summed E-state index contributed by atoms with van der Waals surface area (Å²) in [5.41, 5.74) is 0.381. The minimum Gasteiger partial charge on any atom is -0.324 e. The Morgan fingerprint density at radius 2 is 2.00 bits per heavy atom. The lowest BCUT2D eigenvalue weighted by Gasteiger charge is -2.36. The molecule has 0 bridgehead atoms. The first-order valence-corrected chi connectivity index (χ1v) is 5.36. The maximum Gasteiger partial charge on any atom is 0.329 e. The van der Waals surface area contributed by atoms with Crippen molar-refractivity contribution in [1.82, 2.24) is 14.5 Å². The number of carbonyl (C=O) groups excluding carboxylic acids is 1. The molecule has 0 aromatic carbocycles. The molecule has 1 amide bonds. The summed E-state index contributed by atoms with van der Waals surface area (Å²) in [4.78, 5) is 17.7. The first kappa shape index (κ1) is 10.2. The largest absolute Gasteiger partial charge is 0.329 e. The molecular weight excluding hydrogens is 190 g/mol. The van der Waals surface area contributed by atoms with Gasteiger partial charge in [-0.2, -0.15) is 0 Å². The molecule has 1 saturated heterocycles. The average Bonchev–Trinajstić information content (AvgIpc) is 2.69. The quantitative estimate of drug-likeness (QED) is 0.652. The summed E-state index contributed by atoms with van der Waals surface area (Å²) < 4.78 is 1.54. The van der Waals surface area contributed by atoms with Gasteiger partial charge in [0.1, 0.15) is 6.33 Å². The predicted octanol–water partition coefficient (Wildman–Crippen LogP) is 1.97. The highest BCUT2D eigenvalue weighted by Crippen LogP contribution is 2.29. The van der Waals surface area contributed by atoms with Gasteiger partial charge < -0.3 is 4.90 Å². The molecular formula is C11H17N3O. The fourth-order valence-electron chi connectivity index (χ4n) is 1.84. The predicted molar refractivity (Wildman–Crippen MR) is 57.6 cm³/mol. The van der Waals surface area contributed by atoms with Crippen LogP contribution in [0.2, 0.25) is 0 Å². The van der Waals surface area contributed by atoms with Gasteiger partial charge in [0.2, 0.25) is 0 Å². The molecule has 1 aromatic heterocycles. The SMILES string of the molecule is CC1(C)CCN(C(=O)n2ccnc2)CC1. The van der Waals surface area contributed by atoms with Gasteiger partial charge in [-0.3, -0.25) is 4.57 Å². The second-order valence-electron chi connectivity index (χ2n) is 4.90. The van der Waals surface area contributed by atoms with Gasteiger partial charge in [0.05, 0.1) is 0 Å². The zero-order valence-electron chi connectivity index (χ0n) is 9.31. The highest BCUT2D eigenvalue weighted by molar-refractivity contribution is 5.76. The summed E-state index contributed by atoms with van der Waals surface area (Å²) in [6.07, 6.45) is 7.04. The number of amides is 1. The van der Waals surface area contributed by atoms with E-state index in [-0.39, 0.29) is 6.03 Å². The van der Waals surface area contributed by atoms with Crippen LogP contribution in [0.5, 0.6) is 0 Å². The Kier molecular flexibility index (Phi) is 2.50. The van der Waals surface area contributed by atoms with Crippen molar-refractivity contribution < 1.29 is 4.79 Å². The number of imidazole rings is 1. The van der Waals surface area contributed by atoms with Crippen molar-refractivity contribution in [1.29, 1.82) is 0 Å². The van der Waals surface area contributed by atoms with Crippen LogP contribution in [-0.4, -0.2) is 33.6 Å². The molecule has 0 aliphatic carbocycles. The highest BCUT2D eigenvalue weighted by Gasteiger charge is 2.28. The lowest BCUT2D eigenvalue weighted by molar-refractivity contribution is 0.141. The number of hydrogen-bond donors (Lipinski definition) is 0. The topological polar surface area (TPSA) is 38.1 Å². The van der Waals surface area contributed by atoms with Crippen molar-refractivity contribution in [2.75, 3.05) is 13.1 Å². The van der Waals surface area contributed by atoms with Crippen LogP contribution in [0.15, 0.2) is 18.7 Å². The Morgan fingerprint density at radius 1 is 1.33 bits per heavy atom. The Balaban J connectivity index is 2.00. The van der Waals surface area contributed by atoms with E-state index in [1.165, 1.54) is 0 Å². The minimum atomic E-state index is 0.0444. The molecule has 0 unspecified atom stereocenters. The van der Waals surface area contributed by atoms with E-state index in [2.05, 4.69) is 18.8 Å². The van der Waals surface area contributed by atoms with Crippen LogP contribution in [0.3, 0.4) is 0 Å². The second kappa shape index (κ2) is 3.68. The molecule has 2 heterocycles. The van der Waals surface area contributed by atoms with Crippen molar-refractivity contribution >= 4 is 6.03 Å². The Labute approximate surface area is 89.9 Å². The van der Waals surface area contributed by atoms with E-state index in [1.54, 1.807) is 23.3 Å². The van der Waals surface area contributed by atoms with E-state index in [0.717, 1.165) is 25.9 Å². The molecule has 0 saturated carbocycles. The number of piperidine rings is 1. The lowest BCUT2D eigenvalue weighted by Crippen LogP contribution is -2.42. The summed E-state index contributed by atoms with van der Waals surface area (Å²) in [6.45, 7) is 6.21. The molecule has 1 aromatic rings. The number of hydrogen-bond acceptors (Lipinski definition) is 2. The summed E-state index contributed by atoms with van der Waals surface area (Å²) in [5.74, 6) is 0. The summed E-state index contributed by atoms with van der Waals surface area (Å²) in [7, 11) is 0. The molecule has 1 aliphatic rings. The standard InChI is InChI=1S/C11H17N3O/c1-11(2)3-6-13(7-4-11)10(15)14-8-5-12-9-14/h5,8-9H,3-4,6-7H2,1-2H3. The van der Waals surface area contributed by atoms with Gasteiger partial charge in [0.15, 0.2) is 0 Å². The van der Waals surface area contributed by atoms with Gasteiger partial charge in [-0.25, -0.2) is 9.78 Å². The van der Waals surface area contributed by atoms with E-state index in [1.807, 2.05) is 4.90 Å². The van der Waals surface area contributed by atoms with Crippen molar-refractivity contribution in [3.05, 3.63) is 18.7 Å². The first-order chi connectivity index (χ1) is 7.08. The van der Waals surface area contributed by atoms with Crippen LogP contribution >= 0.6 is 0 Å². The number of carbonyl (C=O) groups is 1. The molecule has 1 fully saturated rings. The average molecular weight is 207 g/mol. The van der Waals surface area contributed by atoms with E-state index < -0.39 is 0 Å².